The third-order valence-corrected chi connectivity index (χ3v) is 3.50. The summed E-state index contributed by atoms with van der Waals surface area (Å²) in [5.41, 5.74) is 2.39. The number of aromatic nitrogens is 2. The first-order chi connectivity index (χ1) is 12.0. The van der Waals surface area contributed by atoms with Crippen molar-refractivity contribution < 1.29 is 18.3 Å². The lowest BCUT2D eigenvalue weighted by Gasteiger charge is -2.04. The maximum absolute atomic E-state index is 12.9. The van der Waals surface area contributed by atoms with Crippen LogP contribution in [0.5, 0.6) is 0 Å². The Labute approximate surface area is 142 Å². The number of benzene rings is 2. The van der Waals surface area contributed by atoms with E-state index < -0.39 is 17.5 Å². The zero-order valence-corrected chi connectivity index (χ0v) is 13.4. The van der Waals surface area contributed by atoms with Crippen LogP contribution in [-0.4, -0.2) is 15.7 Å². The molecule has 0 N–H and O–H groups in total. The number of aryl methyl sites for hydroxylation is 1. The van der Waals surface area contributed by atoms with Gasteiger partial charge < -0.3 is 9.15 Å². The Morgan fingerprint density at radius 3 is 2.52 bits per heavy atom. The second-order valence-corrected chi connectivity index (χ2v) is 5.48. The van der Waals surface area contributed by atoms with E-state index in [0.29, 0.717) is 5.56 Å². The maximum Gasteiger partial charge on any atom is 0.437 e. The summed E-state index contributed by atoms with van der Waals surface area (Å²) in [4.78, 5) is 23.7. The van der Waals surface area contributed by atoms with Crippen molar-refractivity contribution >= 4 is 5.97 Å². The molecule has 1 aromatic heterocycles. The molecule has 0 amide bonds. The average Bonchev–Trinajstić information content (AvgIpc) is 2.95. The van der Waals surface area contributed by atoms with Crippen molar-refractivity contribution in [3.63, 3.8) is 0 Å². The molecule has 0 atom stereocenters. The minimum absolute atomic E-state index is 0.0105. The van der Waals surface area contributed by atoms with Gasteiger partial charge in [0.1, 0.15) is 19.0 Å². The molecule has 0 bridgehead atoms. The number of carbonyl (C=O) groups excluding carboxylic acids is 1. The van der Waals surface area contributed by atoms with Crippen molar-refractivity contribution in [2.24, 2.45) is 0 Å². The van der Waals surface area contributed by atoms with E-state index in [2.05, 4.69) is 5.10 Å². The van der Waals surface area contributed by atoms with Gasteiger partial charge in [-0.15, -0.1) is 5.10 Å². The normalized spacial score (nSPS) is 10.6. The molecule has 0 unspecified atom stereocenters. The molecule has 1 heterocycles. The second-order valence-electron chi connectivity index (χ2n) is 5.48. The number of esters is 1. The van der Waals surface area contributed by atoms with Gasteiger partial charge in [0.25, 0.3) is 0 Å². The number of halogens is 1. The Kier molecular flexibility index (Phi) is 4.74. The molecule has 0 spiro atoms. The first-order valence-corrected chi connectivity index (χ1v) is 7.56. The quantitative estimate of drug-likeness (QED) is 0.667. The van der Waals surface area contributed by atoms with Crippen molar-refractivity contribution in [3.05, 3.63) is 76.0 Å². The molecule has 2 aromatic carbocycles. The van der Waals surface area contributed by atoms with Crippen LogP contribution in [0.25, 0.3) is 11.5 Å². The van der Waals surface area contributed by atoms with Gasteiger partial charge in [-0.25, -0.2) is 9.18 Å². The fourth-order valence-electron chi connectivity index (χ4n) is 2.13. The second kappa shape index (κ2) is 7.12. The largest absolute Gasteiger partial charge is 0.459 e. The van der Waals surface area contributed by atoms with Crippen LogP contribution in [0.4, 0.5) is 4.39 Å². The number of hydrogen-bond donors (Lipinski definition) is 0. The summed E-state index contributed by atoms with van der Waals surface area (Å²) in [5, 5.41) is 3.93. The third kappa shape index (κ3) is 4.20. The van der Waals surface area contributed by atoms with Gasteiger partial charge in [-0.05, 0) is 36.8 Å². The summed E-state index contributed by atoms with van der Waals surface area (Å²) in [6, 6.07) is 12.9. The first-order valence-electron chi connectivity index (χ1n) is 7.56. The fourth-order valence-corrected chi connectivity index (χ4v) is 2.13. The molecule has 0 saturated carbocycles. The molecule has 3 aromatic rings. The lowest BCUT2D eigenvalue weighted by atomic mass is 10.2. The number of ether oxygens (including phenoxy) is 1. The van der Waals surface area contributed by atoms with E-state index in [1.54, 1.807) is 0 Å². The number of carbonyl (C=O) groups is 1. The van der Waals surface area contributed by atoms with E-state index in [1.807, 2.05) is 31.2 Å². The molecule has 0 saturated heterocycles. The summed E-state index contributed by atoms with van der Waals surface area (Å²) < 4.78 is 23.9. The smallest absolute Gasteiger partial charge is 0.437 e. The Morgan fingerprint density at radius 1 is 1.16 bits per heavy atom. The average molecular weight is 342 g/mol. The fraction of sp³-hybridized carbons (Fsp3) is 0.167. The summed E-state index contributed by atoms with van der Waals surface area (Å²) >= 11 is 0. The van der Waals surface area contributed by atoms with Crippen molar-refractivity contribution in [2.75, 3.05) is 0 Å². The van der Waals surface area contributed by atoms with Crippen molar-refractivity contribution in [1.29, 1.82) is 0 Å². The van der Waals surface area contributed by atoms with E-state index in [0.717, 1.165) is 15.8 Å². The Morgan fingerprint density at radius 2 is 1.84 bits per heavy atom. The van der Waals surface area contributed by atoms with E-state index in [-0.39, 0.29) is 19.0 Å². The number of hydrogen-bond acceptors (Lipinski definition) is 5. The Bertz CT molecular complexity index is 927. The molecule has 0 aliphatic carbocycles. The highest BCUT2D eigenvalue weighted by Crippen LogP contribution is 2.15. The summed E-state index contributed by atoms with van der Waals surface area (Å²) in [6.45, 7) is 1.71. The Balaban J connectivity index is 1.64. The third-order valence-electron chi connectivity index (χ3n) is 3.50. The van der Waals surface area contributed by atoms with E-state index in [9.17, 15) is 14.0 Å². The van der Waals surface area contributed by atoms with Gasteiger partial charge in [0.15, 0.2) is 0 Å². The SMILES string of the molecule is Cc1ccc(COC(=O)Cn2nc(-c3ccc(F)cc3)oc2=O)cc1. The first kappa shape index (κ1) is 16.6. The minimum atomic E-state index is -0.786. The summed E-state index contributed by atoms with van der Waals surface area (Å²) in [5.74, 6) is -1.80. The zero-order chi connectivity index (χ0) is 17.8. The Hall–Kier alpha value is -3.22. The predicted molar refractivity (Wildman–Crippen MR) is 87.1 cm³/mol. The van der Waals surface area contributed by atoms with Gasteiger partial charge >= 0.3 is 11.7 Å². The van der Waals surface area contributed by atoms with Gasteiger partial charge in [-0.3, -0.25) is 4.79 Å². The zero-order valence-electron chi connectivity index (χ0n) is 13.4. The monoisotopic (exact) mass is 342 g/mol. The van der Waals surface area contributed by atoms with Crippen molar-refractivity contribution in [3.8, 4) is 11.5 Å². The van der Waals surface area contributed by atoms with Crippen LogP contribution >= 0.6 is 0 Å². The highest BCUT2D eigenvalue weighted by Gasteiger charge is 2.14. The van der Waals surface area contributed by atoms with E-state index >= 15 is 0 Å². The topological polar surface area (TPSA) is 74.3 Å². The minimum Gasteiger partial charge on any atom is -0.459 e. The molecule has 0 radical (unpaired) electrons. The lowest BCUT2D eigenvalue weighted by molar-refractivity contribution is -0.146. The maximum atomic E-state index is 12.9. The van der Waals surface area contributed by atoms with Crippen molar-refractivity contribution in [1.82, 2.24) is 9.78 Å². The van der Waals surface area contributed by atoms with Gasteiger partial charge in [-0.2, -0.15) is 4.68 Å². The number of nitrogens with zero attached hydrogens (tertiary/aromatic N) is 2. The molecule has 6 nitrogen and oxygen atoms in total. The molecule has 25 heavy (non-hydrogen) atoms. The highest BCUT2D eigenvalue weighted by atomic mass is 19.1. The van der Waals surface area contributed by atoms with Gasteiger partial charge in [0, 0.05) is 5.56 Å². The highest BCUT2D eigenvalue weighted by molar-refractivity contribution is 5.69. The van der Waals surface area contributed by atoms with Crippen LogP contribution < -0.4 is 5.76 Å². The van der Waals surface area contributed by atoms with Crippen LogP contribution in [0.2, 0.25) is 0 Å². The molecule has 0 fully saturated rings. The van der Waals surface area contributed by atoms with Crippen LogP contribution in [0.15, 0.2) is 57.7 Å². The molecule has 3 rings (SSSR count). The van der Waals surface area contributed by atoms with Gasteiger partial charge in [-0.1, -0.05) is 29.8 Å². The van der Waals surface area contributed by atoms with Crippen molar-refractivity contribution in [2.45, 2.75) is 20.1 Å². The predicted octanol–water partition coefficient (Wildman–Crippen LogP) is 2.69. The molecular weight excluding hydrogens is 327 g/mol. The van der Waals surface area contributed by atoms with Crippen LogP contribution in [-0.2, 0) is 22.7 Å². The van der Waals surface area contributed by atoms with Gasteiger partial charge in [0.05, 0.1) is 0 Å². The standard InChI is InChI=1S/C18H15FN2O4/c1-12-2-4-13(5-3-12)11-24-16(22)10-21-18(23)25-17(20-21)14-6-8-15(19)9-7-14/h2-9H,10-11H2,1H3. The summed E-state index contributed by atoms with van der Waals surface area (Å²) in [6.07, 6.45) is 0. The number of rotatable bonds is 5. The van der Waals surface area contributed by atoms with E-state index in [4.69, 9.17) is 9.15 Å². The molecule has 0 aliphatic heterocycles. The van der Waals surface area contributed by atoms with Gasteiger partial charge in [0.2, 0.25) is 5.89 Å². The molecule has 7 heteroatoms. The van der Waals surface area contributed by atoms with Crippen LogP contribution in [0.1, 0.15) is 11.1 Å². The molecule has 128 valence electrons. The van der Waals surface area contributed by atoms with Crippen LogP contribution in [0.3, 0.4) is 0 Å². The molecule has 0 aliphatic rings. The van der Waals surface area contributed by atoms with Crippen LogP contribution in [0, 0.1) is 12.7 Å². The lowest BCUT2D eigenvalue weighted by Crippen LogP contribution is -2.22. The molecular formula is C18H15FN2O4. The summed E-state index contributed by atoms with van der Waals surface area (Å²) in [7, 11) is 0. The van der Waals surface area contributed by atoms with E-state index in [1.165, 1.54) is 24.3 Å².